The Labute approximate surface area is 63.0 Å². The lowest BCUT2D eigenvalue weighted by atomic mass is 9.93. The summed E-state index contributed by atoms with van der Waals surface area (Å²) in [6.07, 6.45) is 2.86. The molecular weight excluding hydrogens is 126 g/mol. The van der Waals surface area contributed by atoms with Gasteiger partial charge in [0.15, 0.2) is 0 Å². The number of ether oxygens (including phenoxy) is 1. The zero-order valence-electron chi connectivity index (χ0n) is 6.84. The fourth-order valence-corrected chi connectivity index (χ4v) is 1.43. The van der Waals surface area contributed by atoms with E-state index in [1.54, 1.807) is 7.11 Å². The molecule has 0 bridgehead atoms. The van der Waals surface area contributed by atoms with Gasteiger partial charge in [0.1, 0.15) is 0 Å². The first-order valence-corrected chi connectivity index (χ1v) is 4.00. The van der Waals surface area contributed by atoms with Gasteiger partial charge in [-0.1, -0.05) is 0 Å². The molecule has 0 aliphatic carbocycles. The Morgan fingerprint density at radius 2 is 2.00 bits per heavy atom. The van der Waals surface area contributed by atoms with Crippen LogP contribution in [0.3, 0.4) is 0 Å². The molecule has 1 rings (SSSR count). The molecule has 59 valence electrons. The second-order valence-electron chi connectivity index (χ2n) is 2.95. The van der Waals surface area contributed by atoms with Crippen molar-refractivity contribution in [2.24, 2.45) is 5.92 Å². The van der Waals surface area contributed by atoms with Crippen molar-refractivity contribution in [3.05, 3.63) is 0 Å². The van der Waals surface area contributed by atoms with Crippen LogP contribution in [0, 0.1) is 5.92 Å². The minimum absolute atomic E-state index is 0.426. The molecule has 0 amide bonds. The number of hydrogen-bond donors (Lipinski definition) is 0. The normalized spacial score (nSPS) is 24.6. The van der Waals surface area contributed by atoms with Crippen molar-refractivity contribution in [1.29, 1.82) is 0 Å². The maximum atomic E-state index is 5.25. The molecule has 1 aliphatic heterocycles. The molecule has 2 nitrogen and oxygen atoms in total. The van der Waals surface area contributed by atoms with Crippen LogP contribution in [0.1, 0.15) is 19.8 Å². The van der Waals surface area contributed by atoms with Gasteiger partial charge in [-0.25, -0.2) is 5.32 Å². The maximum absolute atomic E-state index is 5.25. The highest BCUT2D eigenvalue weighted by Crippen LogP contribution is 2.18. The van der Waals surface area contributed by atoms with Crippen molar-refractivity contribution >= 4 is 0 Å². The summed E-state index contributed by atoms with van der Waals surface area (Å²) in [5, 5.41) is 4.29. The van der Waals surface area contributed by atoms with Crippen LogP contribution in [-0.4, -0.2) is 26.3 Å². The van der Waals surface area contributed by atoms with Crippen LogP contribution in [0.15, 0.2) is 0 Å². The molecule has 10 heavy (non-hydrogen) atoms. The highest BCUT2D eigenvalue weighted by atomic mass is 16.5. The predicted octanol–water partition coefficient (Wildman–Crippen LogP) is 1.04. The summed E-state index contributed by atoms with van der Waals surface area (Å²) in [5.41, 5.74) is 0. The molecule has 0 N–H and O–H groups in total. The third-order valence-corrected chi connectivity index (χ3v) is 2.35. The minimum atomic E-state index is 0.426. The Balaban J connectivity index is 2.24. The highest BCUT2D eigenvalue weighted by molar-refractivity contribution is 4.72. The van der Waals surface area contributed by atoms with E-state index in [0.717, 1.165) is 19.0 Å². The lowest BCUT2D eigenvalue weighted by Crippen LogP contribution is -2.30. The van der Waals surface area contributed by atoms with Crippen molar-refractivity contribution in [3.8, 4) is 0 Å². The van der Waals surface area contributed by atoms with E-state index in [9.17, 15) is 0 Å². The largest absolute Gasteiger partial charge is 0.381 e. The molecule has 1 saturated heterocycles. The molecule has 0 aromatic rings. The van der Waals surface area contributed by atoms with E-state index in [1.807, 2.05) is 0 Å². The van der Waals surface area contributed by atoms with Crippen LogP contribution in [-0.2, 0) is 4.74 Å². The molecule has 0 aromatic carbocycles. The Morgan fingerprint density at radius 3 is 2.50 bits per heavy atom. The van der Waals surface area contributed by atoms with Crippen LogP contribution in [0.5, 0.6) is 0 Å². The average molecular weight is 142 g/mol. The van der Waals surface area contributed by atoms with Gasteiger partial charge >= 0.3 is 0 Å². The lowest BCUT2D eigenvalue weighted by Gasteiger charge is -2.26. The number of piperidine rings is 1. The van der Waals surface area contributed by atoms with E-state index in [2.05, 4.69) is 12.2 Å². The molecule has 0 saturated carbocycles. The molecule has 1 fully saturated rings. The van der Waals surface area contributed by atoms with Crippen molar-refractivity contribution in [3.63, 3.8) is 0 Å². The van der Waals surface area contributed by atoms with E-state index in [1.165, 1.54) is 12.8 Å². The SMILES string of the molecule is COC(C)C1CC[N]CC1. The van der Waals surface area contributed by atoms with E-state index >= 15 is 0 Å². The minimum Gasteiger partial charge on any atom is -0.381 e. The molecule has 0 aromatic heterocycles. The fourth-order valence-electron chi connectivity index (χ4n) is 1.43. The molecule has 1 radical (unpaired) electrons. The summed E-state index contributed by atoms with van der Waals surface area (Å²) in [4.78, 5) is 0. The zero-order valence-corrected chi connectivity index (χ0v) is 6.84. The van der Waals surface area contributed by atoms with E-state index in [4.69, 9.17) is 4.74 Å². The lowest BCUT2D eigenvalue weighted by molar-refractivity contribution is 0.0533. The number of rotatable bonds is 2. The number of methoxy groups -OCH3 is 1. The Hall–Kier alpha value is -0.0800. The molecule has 1 heterocycles. The van der Waals surface area contributed by atoms with Crippen molar-refractivity contribution in [2.75, 3.05) is 20.2 Å². The van der Waals surface area contributed by atoms with Gasteiger partial charge in [-0.2, -0.15) is 0 Å². The summed E-state index contributed by atoms with van der Waals surface area (Å²) in [5.74, 6) is 0.752. The van der Waals surface area contributed by atoms with Crippen molar-refractivity contribution < 1.29 is 4.74 Å². The third-order valence-electron chi connectivity index (χ3n) is 2.35. The van der Waals surface area contributed by atoms with Crippen LogP contribution in [0.25, 0.3) is 0 Å². The average Bonchev–Trinajstić information content (AvgIpc) is 2.05. The molecule has 1 unspecified atom stereocenters. The smallest absolute Gasteiger partial charge is 0.0572 e. The van der Waals surface area contributed by atoms with Gasteiger partial charge in [0.25, 0.3) is 0 Å². The zero-order chi connectivity index (χ0) is 7.40. The van der Waals surface area contributed by atoms with Gasteiger partial charge in [0.2, 0.25) is 0 Å². The van der Waals surface area contributed by atoms with Gasteiger partial charge < -0.3 is 4.74 Å². The summed E-state index contributed by atoms with van der Waals surface area (Å²) in [6, 6.07) is 0. The maximum Gasteiger partial charge on any atom is 0.0572 e. The van der Waals surface area contributed by atoms with Crippen LogP contribution < -0.4 is 5.32 Å². The molecular formula is C8H16NO. The van der Waals surface area contributed by atoms with E-state index in [0.29, 0.717) is 6.10 Å². The number of nitrogens with zero attached hydrogens (tertiary/aromatic N) is 1. The first kappa shape index (κ1) is 8.02. The van der Waals surface area contributed by atoms with Gasteiger partial charge in [0, 0.05) is 20.2 Å². The summed E-state index contributed by atoms with van der Waals surface area (Å²) < 4.78 is 5.25. The van der Waals surface area contributed by atoms with Crippen LogP contribution in [0.2, 0.25) is 0 Å². The summed E-state index contributed by atoms with van der Waals surface area (Å²) in [7, 11) is 1.79. The third kappa shape index (κ3) is 1.96. The van der Waals surface area contributed by atoms with Crippen LogP contribution >= 0.6 is 0 Å². The van der Waals surface area contributed by atoms with E-state index in [-0.39, 0.29) is 0 Å². The van der Waals surface area contributed by atoms with Crippen LogP contribution in [0.4, 0.5) is 0 Å². The standard InChI is InChI=1S/C8H16NO/c1-7(10-2)8-3-5-9-6-4-8/h7-8H,3-6H2,1-2H3. The fraction of sp³-hybridized carbons (Fsp3) is 1.00. The molecule has 1 aliphatic rings. The quantitative estimate of drug-likeness (QED) is 0.565. The van der Waals surface area contributed by atoms with Gasteiger partial charge in [-0.3, -0.25) is 0 Å². The van der Waals surface area contributed by atoms with Crippen molar-refractivity contribution in [1.82, 2.24) is 5.32 Å². The van der Waals surface area contributed by atoms with E-state index < -0.39 is 0 Å². The second kappa shape index (κ2) is 3.94. The number of hydrogen-bond acceptors (Lipinski definition) is 1. The van der Waals surface area contributed by atoms with Gasteiger partial charge in [0.05, 0.1) is 6.10 Å². The van der Waals surface area contributed by atoms with Gasteiger partial charge in [-0.05, 0) is 25.7 Å². The Bertz CT molecular complexity index is 89.3. The summed E-state index contributed by atoms with van der Waals surface area (Å²) >= 11 is 0. The first-order valence-electron chi connectivity index (χ1n) is 4.00. The molecule has 1 atom stereocenters. The Kier molecular flexibility index (Phi) is 3.16. The molecule has 2 heteroatoms. The van der Waals surface area contributed by atoms with Crippen molar-refractivity contribution in [2.45, 2.75) is 25.9 Å². The molecule has 0 spiro atoms. The topological polar surface area (TPSA) is 23.3 Å². The van der Waals surface area contributed by atoms with Gasteiger partial charge in [-0.15, -0.1) is 0 Å². The highest BCUT2D eigenvalue weighted by Gasteiger charge is 2.19. The summed E-state index contributed by atoms with van der Waals surface area (Å²) in [6.45, 7) is 4.23. The predicted molar refractivity (Wildman–Crippen MR) is 41.1 cm³/mol. The monoisotopic (exact) mass is 142 g/mol. The Morgan fingerprint density at radius 1 is 1.40 bits per heavy atom. The first-order chi connectivity index (χ1) is 4.84. The second-order valence-corrected chi connectivity index (χ2v) is 2.95.